The zero-order valence-electron chi connectivity index (χ0n) is 11.4. The van der Waals surface area contributed by atoms with E-state index in [0.29, 0.717) is 24.9 Å². The number of sulfonamides is 1. The third-order valence-corrected chi connectivity index (χ3v) is 6.81. The van der Waals surface area contributed by atoms with Gasteiger partial charge < -0.3 is 5.11 Å². The molecule has 0 amide bonds. The molecule has 1 aromatic carbocycles. The van der Waals surface area contributed by atoms with Crippen molar-refractivity contribution in [3.8, 4) is 0 Å². The molecule has 7 heteroatoms. The Bertz CT molecular complexity index is 652. The van der Waals surface area contributed by atoms with Crippen LogP contribution in [0.5, 0.6) is 0 Å². The van der Waals surface area contributed by atoms with Crippen molar-refractivity contribution in [1.82, 2.24) is 4.31 Å². The first-order valence-electron chi connectivity index (χ1n) is 7.02. The summed E-state index contributed by atoms with van der Waals surface area (Å²) in [7, 11) is -3.73. The Balaban J connectivity index is 1.94. The first-order chi connectivity index (χ1) is 9.93. The molecule has 2 atom stereocenters. The number of fused-ring (bicyclic) bond motifs is 1. The Morgan fingerprint density at radius 3 is 2.48 bits per heavy atom. The molecule has 0 bridgehead atoms. The van der Waals surface area contributed by atoms with Gasteiger partial charge in [-0.05, 0) is 36.8 Å². The molecule has 3 rings (SSSR count). The van der Waals surface area contributed by atoms with Crippen LogP contribution in [0.4, 0.5) is 4.39 Å². The lowest BCUT2D eigenvalue weighted by Gasteiger charge is -2.18. The molecule has 1 saturated heterocycles. The van der Waals surface area contributed by atoms with Gasteiger partial charge in [0.1, 0.15) is 5.82 Å². The van der Waals surface area contributed by atoms with E-state index < -0.39 is 22.4 Å². The van der Waals surface area contributed by atoms with E-state index in [1.165, 1.54) is 10.4 Å². The maximum Gasteiger partial charge on any atom is 0.243 e. The summed E-state index contributed by atoms with van der Waals surface area (Å²) >= 11 is 5.71. The van der Waals surface area contributed by atoms with Crippen LogP contribution < -0.4 is 0 Å². The van der Waals surface area contributed by atoms with Gasteiger partial charge in [0.05, 0.1) is 16.5 Å². The molecule has 1 heterocycles. The van der Waals surface area contributed by atoms with Crippen LogP contribution in [0, 0.1) is 17.7 Å². The second kappa shape index (κ2) is 5.50. The average molecular weight is 334 g/mol. The molecule has 21 heavy (non-hydrogen) atoms. The van der Waals surface area contributed by atoms with Gasteiger partial charge >= 0.3 is 0 Å². The molecule has 2 fully saturated rings. The van der Waals surface area contributed by atoms with Crippen LogP contribution in [-0.4, -0.2) is 30.9 Å². The molecular weight excluding hydrogens is 317 g/mol. The topological polar surface area (TPSA) is 57.6 Å². The highest BCUT2D eigenvalue weighted by Gasteiger charge is 2.41. The molecule has 1 aliphatic carbocycles. The lowest BCUT2D eigenvalue weighted by Crippen LogP contribution is -2.29. The van der Waals surface area contributed by atoms with E-state index in [0.717, 1.165) is 25.3 Å². The van der Waals surface area contributed by atoms with Gasteiger partial charge in [-0.1, -0.05) is 18.0 Å². The van der Waals surface area contributed by atoms with Crippen LogP contribution >= 0.6 is 11.6 Å². The average Bonchev–Trinajstić information content (AvgIpc) is 3.02. The first kappa shape index (κ1) is 15.2. The van der Waals surface area contributed by atoms with Gasteiger partial charge in [-0.2, -0.15) is 4.31 Å². The Morgan fingerprint density at radius 1 is 1.29 bits per heavy atom. The maximum absolute atomic E-state index is 13.7. The second-order valence-corrected chi connectivity index (χ2v) is 8.13. The summed E-state index contributed by atoms with van der Waals surface area (Å²) in [4.78, 5) is -0.131. The number of rotatable bonds is 3. The SMILES string of the molecule is O=S(=O)(c1cc(F)c(Cl)c(CO)c1)N1CC2CCCC2C1. The van der Waals surface area contributed by atoms with Gasteiger partial charge in [-0.3, -0.25) is 0 Å². The molecule has 1 saturated carbocycles. The van der Waals surface area contributed by atoms with Gasteiger partial charge in [0.25, 0.3) is 0 Å². The molecule has 2 unspecified atom stereocenters. The highest BCUT2D eigenvalue weighted by molar-refractivity contribution is 7.89. The summed E-state index contributed by atoms with van der Waals surface area (Å²) in [6, 6.07) is 2.19. The molecule has 4 nitrogen and oxygen atoms in total. The lowest BCUT2D eigenvalue weighted by molar-refractivity contribution is 0.281. The molecule has 0 spiro atoms. The smallest absolute Gasteiger partial charge is 0.243 e. The quantitative estimate of drug-likeness (QED) is 0.924. The Hall–Kier alpha value is -0.690. The number of halogens is 2. The molecule has 0 radical (unpaired) electrons. The Morgan fingerprint density at radius 2 is 1.90 bits per heavy atom. The third-order valence-electron chi connectivity index (χ3n) is 4.58. The number of aliphatic hydroxyl groups excluding tert-OH is 1. The zero-order chi connectivity index (χ0) is 15.2. The Labute approximate surface area is 128 Å². The summed E-state index contributed by atoms with van der Waals surface area (Å²) in [6.45, 7) is 0.516. The van der Waals surface area contributed by atoms with Crippen molar-refractivity contribution in [3.05, 3.63) is 28.5 Å². The van der Waals surface area contributed by atoms with Gasteiger partial charge in [-0.25, -0.2) is 12.8 Å². The van der Waals surface area contributed by atoms with Crippen molar-refractivity contribution in [2.75, 3.05) is 13.1 Å². The number of benzene rings is 1. The fraction of sp³-hybridized carbons (Fsp3) is 0.571. The van der Waals surface area contributed by atoms with Gasteiger partial charge in [0.15, 0.2) is 0 Å². The summed E-state index contributed by atoms with van der Waals surface area (Å²) in [5, 5.41) is 8.94. The van der Waals surface area contributed by atoms with Gasteiger partial charge in [-0.15, -0.1) is 0 Å². The maximum atomic E-state index is 13.7. The first-order valence-corrected chi connectivity index (χ1v) is 8.84. The molecular formula is C14H17ClFNO3S. The molecule has 116 valence electrons. The third kappa shape index (κ3) is 2.59. The molecule has 1 aliphatic heterocycles. The van der Waals surface area contributed by atoms with Crippen molar-refractivity contribution >= 4 is 21.6 Å². The fourth-order valence-corrected chi connectivity index (χ4v) is 5.21. The molecule has 2 aliphatic rings. The van der Waals surface area contributed by atoms with Crippen LogP contribution in [0.2, 0.25) is 5.02 Å². The van der Waals surface area contributed by atoms with Gasteiger partial charge in [0.2, 0.25) is 10.0 Å². The van der Waals surface area contributed by atoms with Crippen LogP contribution in [0.1, 0.15) is 24.8 Å². The summed E-state index contributed by atoms with van der Waals surface area (Å²) < 4.78 is 40.4. The fourth-order valence-electron chi connectivity index (χ4n) is 3.42. The lowest BCUT2D eigenvalue weighted by atomic mass is 10.0. The van der Waals surface area contributed by atoms with E-state index in [1.807, 2.05) is 0 Å². The van der Waals surface area contributed by atoms with Crippen LogP contribution in [0.25, 0.3) is 0 Å². The zero-order valence-corrected chi connectivity index (χ0v) is 13.0. The summed E-state index contributed by atoms with van der Waals surface area (Å²) in [5.74, 6) is 0.0321. The van der Waals surface area contributed by atoms with E-state index in [4.69, 9.17) is 11.6 Å². The number of nitrogens with zero attached hydrogens (tertiary/aromatic N) is 1. The van der Waals surface area contributed by atoms with E-state index in [1.54, 1.807) is 0 Å². The largest absolute Gasteiger partial charge is 0.392 e. The van der Waals surface area contributed by atoms with Crippen molar-refractivity contribution in [2.24, 2.45) is 11.8 Å². The molecule has 0 aromatic heterocycles. The van der Waals surface area contributed by atoms with Crippen LogP contribution in [0.15, 0.2) is 17.0 Å². The highest BCUT2D eigenvalue weighted by Crippen LogP contribution is 2.40. The van der Waals surface area contributed by atoms with Crippen molar-refractivity contribution in [1.29, 1.82) is 0 Å². The van der Waals surface area contributed by atoms with Crippen molar-refractivity contribution in [3.63, 3.8) is 0 Å². The number of hydrogen-bond donors (Lipinski definition) is 1. The minimum absolute atomic E-state index is 0.0923. The van der Waals surface area contributed by atoms with E-state index in [9.17, 15) is 17.9 Å². The van der Waals surface area contributed by atoms with Crippen LogP contribution in [0.3, 0.4) is 0 Å². The minimum atomic E-state index is -3.73. The number of aliphatic hydroxyl groups is 1. The normalized spacial score (nSPS) is 26.2. The monoisotopic (exact) mass is 333 g/mol. The molecule has 1 aromatic rings. The molecule has 1 N–H and O–H groups in total. The van der Waals surface area contributed by atoms with Crippen molar-refractivity contribution in [2.45, 2.75) is 30.8 Å². The van der Waals surface area contributed by atoms with Gasteiger partial charge in [0, 0.05) is 18.7 Å². The van der Waals surface area contributed by atoms with Crippen molar-refractivity contribution < 1.29 is 17.9 Å². The van der Waals surface area contributed by atoms with E-state index in [2.05, 4.69) is 0 Å². The summed E-state index contributed by atoms with van der Waals surface area (Å²) in [5.41, 5.74) is 0.0923. The van der Waals surface area contributed by atoms with E-state index >= 15 is 0 Å². The standard InChI is InChI=1S/C14H17ClFNO3S/c15-14-11(8-18)4-12(5-13(14)16)21(19,20)17-6-9-2-1-3-10(9)7-17/h4-5,9-10,18H,1-3,6-8H2. The Kier molecular flexibility index (Phi) is 3.98. The van der Waals surface area contributed by atoms with Crippen LogP contribution in [-0.2, 0) is 16.6 Å². The second-order valence-electron chi connectivity index (χ2n) is 5.81. The minimum Gasteiger partial charge on any atom is -0.392 e. The van der Waals surface area contributed by atoms with E-state index in [-0.39, 0.29) is 15.5 Å². The highest BCUT2D eigenvalue weighted by atomic mass is 35.5. The number of hydrogen-bond acceptors (Lipinski definition) is 3. The summed E-state index contributed by atoms with van der Waals surface area (Å²) in [6.07, 6.45) is 3.29. The predicted molar refractivity (Wildman–Crippen MR) is 76.9 cm³/mol. The predicted octanol–water partition coefficient (Wildman–Crippen LogP) is 2.39.